The Kier molecular flexibility index (Phi) is 6.86. The average Bonchev–Trinajstić information content (AvgIpc) is 3.31. The van der Waals surface area contributed by atoms with Crippen molar-refractivity contribution >= 4 is 31.5 Å². The Labute approximate surface area is 188 Å². The summed E-state index contributed by atoms with van der Waals surface area (Å²) in [5, 5.41) is 18.0. The highest BCUT2D eigenvalue weighted by Crippen LogP contribution is 2.33. The quantitative estimate of drug-likeness (QED) is 0.407. The van der Waals surface area contributed by atoms with Gasteiger partial charge in [0.05, 0.1) is 11.8 Å². The van der Waals surface area contributed by atoms with Crippen LogP contribution in [0.4, 0.5) is 4.39 Å². The van der Waals surface area contributed by atoms with Crippen LogP contribution in [0.2, 0.25) is 25.7 Å². The molecule has 7 nitrogen and oxygen atoms in total. The predicted octanol–water partition coefficient (Wildman–Crippen LogP) is 3.77. The molecule has 3 aromatic rings. The molecule has 1 aliphatic heterocycles. The largest absolute Gasteiger partial charge is 0.361 e. The molecule has 0 spiro atoms. The van der Waals surface area contributed by atoms with Crippen LogP contribution in [0, 0.1) is 11.3 Å². The van der Waals surface area contributed by atoms with Crippen molar-refractivity contribution < 1.29 is 9.13 Å². The molecule has 1 N–H and O–H groups in total. The topological polar surface area (TPSA) is 80.7 Å². The van der Waals surface area contributed by atoms with Crippen molar-refractivity contribution in [3.8, 4) is 17.2 Å². The van der Waals surface area contributed by atoms with Crippen LogP contribution < -0.4 is 5.32 Å². The number of nitrogens with zero attached hydrogens (tertiary/aromatic N) is 5. The molecule has 0 amide bonds. The second-order valence-electron chi connectivity index (χ2n) is 9.16. The second kappa shape index (κ2) is 9.08. The molecule has 1 saturated heterocycles. The summed E-state index contributed by atoms with van der Waals surface area (Å²) in [6.07, 6.45) is 7.05. The van der Waals surface area contributed by atoms with Crippen LogP contribution in [0.5, 0.6) is 0 Å². The van der Waals surface area contributed by atoms with E-state index in [1.807, 2.05) is 23.0 Å². The summed E-state index contributed by atoms with van der Waals surface area (Å²) in [6.45, 7) is 8.73. The smallest absolute Gasteiger partial charge is 0.142 e. The van der Waals surface area contributed by atoms with Gasteiger partial charge in [0.1, 0.15) is 30.7 Å². The number of halogens is 2. The summed E-state index contributed by atoms with van der Waals surface area (Å²) in [5.41, 5.74) is 2.16. The predicted molar refractivity (Wildman–Crippen MR) is 124 cm³/mol. The number of hydrogen-bond acceptors (Lipinski definition) is 5. The van der Waals surface area contributed by atoms with E-state index in [-0.39, 0.29) is 12.4 Å². The SMILES string of the molecule is C[Si](C)(C)CCOCn1ccc2c(-c3cnn(C4(CF)CNC4)c3)c(C#N)cnc21.Cl. The lowest BCUT2D eigenvalue weighted by Crippen LogP contribution is -2.62. The Bertz CT molecular complexity index is 1090. The van der Waals surface area contributed by atoms with Crippen molar-refractivity contribution in [1.82, 2.24) is 24.6 Å². The van der Waals surface area contributed by atoms with E-state index in [1.54, 1.807) is 17.1 Å². The van der Waals surface area contributed by atoms with Gasteiger partial charge in [-0.15, -0.1) is 12.4 Å². The van der Waals surface area contributed by atoms with Gasteiger partial charge in [-0.1, -0.05) is 19.6 Å². The summed E-state index contributed by atoms with van der Waals surface area (Å²) in [7, 11) is -1.14. The molecule has 0 bridgehead atoms. The number of pyridine rings is 1. The number of rotatable bonds is 8. The zero-order chi connectivity index (χ0) is 21.4. The van der Waals surface area contributed by atoms with E-state index in [4.69, 9.17) is 4.74 Å². The van der Waals surface area contributed by atoms with E-state index in [0.29, 0.717) is 25.4 Å². The highest BCUT2D eigenvalue weighted by atomic mass is 35.5. The van der Waals surface area contributed by atoms with Crippen LogP contribution in [0.1, 0.15) is 5.56 Å². The van der Waals surface area contributed by atoms with Gasteiger partial charge in [0.25, 0.3) is 0 Å². The van der Waals surface area contributed by atoms with Crippen LogP contribution in [0.3, 0.4) is 0 Å². The first-order chi connectivity index (χ1) is 14.4. The van der Waals surface area contributed by atoms with E-state index in [0.717, 1.165) is 34.8 Å². The summed E-state index contributed by atoms with van der Waals surface area (Å²) < 4.78 is 23.1. The van der Waals surface area contributed by atoms with Crippen molar-refractivity contribution in [3.63, 3.8) is 0 Å². The number of fused-ring (bicyclic) bond motifs is 1. The molecule has 0 atom stereocenters. The first-order valence-corrected chi connectivity index (χ1v) is 13.9. The van der Waals surface area contributed by atoms with Crippen molar-refractivity contribution in [2.75, 3.05) is 26.4 Å². The molecule has 4 heterocycles. The Balaban J connectivity index is 0.00000272. The van der Waals surface area contributed by atoms with Gasteiger partial charge in [0, 0.05) is 62.9 Å². The molecule has 4 rings (SSSR count). The molecule has 1 fully saturated rings. The lowest BCUT2D eigenvalue weighted by molar-refractivity contribution is 0.0899. The van der Waals surface area contributed by atoms with E-state index in [2.05, 4.69) is 41.1 Å². The van der Waals surface area contributed by atoms with Crippen LogP contribution in [0.25, 0.3) is 22.2 Å². The molecule has 1 aliphatic rings. The van der Waals surface area contributed by atoms with Gasteiger partial charge in [-0.25, -0.2) is 9.37 Å². The fraction of sp³-hybridized carbons (Fsp3) is 0.476. The highest BCUT2D eigenvalue weighted by Gasteiger charge is 2.40. The lowest BCUT2D eigenvalue weighted by Gasteiger charge is -2.40. The molecule has 3 aromatic heterocycles. The molecule has 166 valence electrons. The minimum absolute atomic E-state index is 0. The number of hydrogen-bond donors (Lipinski definition) is 1. The molecule has 0 saturated carbocycles. The molecular formula is C21H28ClFN6OSi. The Morgan fingerprint density at radius 3 is 2.71 bits per heavy atom. The van der Waals surface area contributed by atoms with Crippen molar-refractivity contribution in [2.45, 2.75) is 38.0 Å². The fourth-order valence-corrected chi connectivity index (χ4v) is 4.38. The molecule has 10 heteroatoms. The van der Waals surface area contributed by atoms with Gasteiger partial charge in [0.2, 0.25) is 0 Å². The molecule has 0 radical (unpaired) electrons. The summed E-state index contributed by atoms with van der Waals surface area (Å²) in [6, 6.07) is 5.29. The molecular weight excluding hydrogens is 435 g/mol. The number of ether oxygens (including phenoxy) is 1. The van der Waals surface area contributed by atoms with Crippen molar-refractivity contribution in [1.29, 1.82) is 5.26 Å². The van der Waals surface area contributed by atoms with E-state index in [9.17, 15) is 9.65 Å². The maximum atomic E-state index is 13.6. The zero-order valence-electron chi connectivity index (χ0n) is 18.1. The maximum Gasteiger partial charge on any atom is 0.142 e. The first kappa shape index (κ1) is 23.4. The van der Waals surface area contributed by atoms with E-state index in [1.165, 1.54) is 0 Å². The van der Waals surface area contributed by atoms with Crippen LogP contribution in [0.15, 0.2) is 30.9 Å². The third-order valence-corrected chi connectivity index (χ3v) is 7.35. The first-order valence-electron chi connectivity index (χ1n) is 10.1. The Morgan fingerprint density at radius 1 is 1.32 bits per heavy atom. The van der Waals surface area contributed by atoms with Gasteiger partial charge in [0.15, 0.2) is 0 Å². The van der Waals surface area contributed by atoms with Crippen molar-refractivity contribution in [2.24, 2.45) is 0 Å². The highest BCUT2D eigenvalue weighted by molar-refractivity contribution is 6.76. The standard InChI is InChI=1S/C21H27FN6OSi.ClH/c1-30(2,3)7-6-29-15-27-5-4-18-19(16(8-23)9-25-20(18)27)17-10-26-28(11-17)21(12-22)13-24-14-21;/h4-5,9-11,24H,6-7,12-15H2,1-3H3;1H. The van der Waals surface area contributed by atoms with Crippen molar-refractivity contribution in [3.05, 3.63) is 36.4 Å². The van der Waals surface area contributed by atoms with Crippen LogP contribution >= 0.6 is 12.4 Å². The Morgan fingerprint density at radius 2 is 2.10 bits per heavy atom. The number of nitriles is 1. The summed E-state index contributed by atoms with van der Waals surface area (Å²) in [5.74, 6) is 0. The fourth-order valence-electron chi connectivity index (χ4n) is 3.62. The van der Waals surface area contributed by atoms with Gasteiger partial charge in [-0.2, -0.15) is 10.4 Å². The summed E-state index contributed by atoms with van der Waals surface area (Å²) >= 11 is 0. The molecule has 0 aromatic carbocycles. The maximum absolute atomic E-state index is 13.6. The van der Waals surface area contributed by atoms with Crippen LogP contribution in [-0.2, 0) is 17.0 Å². The molecule has 0 aliphatic carbocycles. The average molecular weight is 463 g/mol. The zero-order valence-corrected chi connectivity index (χ0v) is 19.9. The van der Waals surface area contributed by atoms with Crippen LogP contribution in [-0.4, -0.2) is 53.8 Å². The normalized spacial score (nSPS) is 15.3. The number of aromatic nitrogens is 4. The lowest BCUT2D eigenvalue weighted by atomic mass is 9.94. The molecule has 31 heavy (non-hydrogen) atoms. The van der Waals surface area contributed by atoms with E-state index < -0.39 is 20.3 Å². The van der Waals surface area contributed by atoms with Gasteiger partial charge < -0.3 is 14.6 Å². The van der Waals surface area contributed by atoms with Gasteiger partial charge >= 0.3 is 0 Å². The third kappa shape index (κ3) is 4.53. The molecule has 0 unspecified atom stereocenters. The second-order valence-corrected chi connectivity index (χ2v) is 14.8. The van der Waals surface area contributed by atoms with Gasteiger partial charge in [-0.05, 0) is 12.1 Å². The van der Waals surface area contributed by atoms with Gasteiger partial charge in [-0.3, -0.25) is 4.68 Å². The number of nitrogens with one attached hydrogen (secondary N) is 1. The third-order valence-electron chi connectivity index (χ3n) is 5.65. The monoisotopic (exact) mass is 462 g/mol. The number of alkyl halides is 1. The summed E-state index contributed by atoms with van der Waals surface area (Å²) in [4.78, 5) is 4.50. The van der Waals surface area contributed by atoms with E-state index >= 15 is 0 Å². The minimum Gasteiger partial charge on any atom is -0.361 e. The minimum atomic E-state index is -1.14. The Hall–Kier alpha value is -2.25.